The number of aryl methyl sites for hydroxylation is 1. The van der Waals surface area contributed by atoms with Crippen molar-refractivity contribution in [3.63, 3.8) is 0 Å². The Bertz CT molecular complexity index is 479. The van der Waals surface area contributed by atoms with Crippen LogP contribution in [0.4, 0.5) is 0 Å². The lowest BCUT2D eigenvalue weighted by Gasteiger charge is -2.13. The third kappa shape index (κ3) is 2.08. The molecule has 0 saturated heterocycles. The van der Waals surface area contributed by atoms with Gasteiger partial charge in [0.2, 0.25) is 0 Å². The number of aliphatic hydroxyl groups is 1. The molecule has 2 N–H and O–H groups in total. The molecule has 0 bridgehead atoms. The number of aromatic nitrogens is 1. The third-order valence-electron chi connectivity index (χ3n) is 2.66. The second-order valence-electron chi connectivity index (χ2n) is 3.90. The van der Waals surface area contributed by atoms with Crippen LogP contribution in [-0.2, 0) is 0 Å². The summed E-state index contributed by atoms with van der Waals surface area (Å²) in [6.07, 6.45) is 0. The molecular weight excluding hydrogens is 204 g/mol. The van der Waals surface area contributed by atoms with Crippen molar-refractivity contribution in [2.45, 2.75) is 12.8 Å². The molecule has 0 spiro atoms. The van der Waals surface area contributed by atoms with Crippen molar-refractivity contribution in [1.29, 1.82) is 0 Å². The molecule has 1 heterocycles. The van der Waals surface area contributed by atoms with Gasteiger partial charge in [-0.3, -0.25) is 0 Å². The lowest BCUT2D eigenvalue weighted by atomic mass is 10.00. The fourth-order valence-electron chi connectivity index (χ4n) is 1.84. The molecule has 4 nitrogen and oxygen atoms in total. The minimum atomic E-state index is 0.0970. The zero-order valence-electron chi connectivity index (χ0n) is 9.53. The van der Waals surface area contributed by atoms with Gasteiger partial charge >= 0.3 is 0 Å². The Labute approximate surface area is 94.3 Å². The van der Waals surface area contributed by atoms with Gasteiger partial charge in [-0.15, -0.1) is 0 Å². The highest BCUT2D eigenvalue weighted by atomic mass is 16.3. The second-order valence-corrected chi connectivity index (χ2v) is 3.90. The van der Waals surface area contributed by atoms with Crippen molar-refractivity contribution in [3.8, 4) is 0 Å². The summed E-state index contributed by atoms with van der Waals surface area (Å²) in [5.74, 6) is 0.765. The van der Waals surface area contributed by atoms with Crippen molar-refractivity contribution in [2.75, 3.05) is 20.2 Å². The zero-order chi connectivity index (χ0) is 11.5. The minimum absolute atomic E-state index is 0.0970. The van der Waals surface area contributed by atoms with E-state index in [1.807, 2.05) is 32.2 Å². The van der Waals surface area contributed by atoms with Crippen LogP contribution in [0.1, 0.15) is 17.4 Å². The number of fused-ring (bicyclic) bond motifs is 1. The van der Waals surface area contributed by atoms with Gasteiger partial charge in [-0.05, 0) is 24.7 Å². The van der Waals surface area contributed by atoms with Gasteiger partial charge in [-0.1, -0.05) is 6.07 Å². The number of oxazole rings is 1. The maximum absolute atomic E-state index is 9.30. The Morgan fingerprint density at radius 2 is 2.31 bits per heavy atom. The number of hydrogen-bond acceptors (Lipinski definition) is 4. The summed E-state index contributed by atoms with van der Waals surface area (Å²) in [5.41, 5.74) is 2.72. The summed E-state index contributed by atoms with van der Waals surface area (Å²) in [5, 5.41) is 12.4. The molecule has 86 valence electrons. The number of hydrogen-bond donors (Lipinski definition) is 2. The standard InChI is InChI=1S/C12H16N2O2/c1-8-14-11-4-3-9(5-12(11)16-8)10(7-15)6-13-2/h3-5,10,13,15H,6-7H2,1-2H3. The molecule has 0 aliphatic carbocycles. The molecule has 2 aromatic rings. The van der Waals surface area contributed by atoms with Crippen molar-refractivity contribution in [2.24, 2.45) is 0 Å². The van der Waals surface area contributed by atoms with E-state index in [0.717, 1.165) is 23.2 Å². The number of aliphatic hydroxyl groups excluding tert-OH is 1. The molecule has 0 radical (unpaired) electrons. The van der Waals surface area contributed by atoms with Gasteiger partial charge in [-0.2, -0.15) is 0 Å². The summed E-state index contributed by atoms with van der Waals surface area (Å²) in [7, 11) is 1.87. The van der Waals surface area contributed by atoms with Crippen molar-refractivity contribution < 1.29 is 9.52 Å². The van der Waals surface area contributed by atoms with Crippen LogP contribution >= 0.6 is 0 Å². The average Bonchev–Trinajstić information content (AvgIpc) is 2.64. The SMILES string of the molecule is CNCC(CO)c1ccc2nc(C)oc2c1. The summed E-state index contributed by atoms with van der Waals surface area (Å²) in [6, 6.07) is 5.87. The van der Waals surface area contributed by atoms with Crippen LogP contribution in [-0.4, -0.2) is 30.3 Å². The smallest absolute Gasteiger partial charge is 0.192 e. The average molecular weight is 220 g/mol. The summed E-state index contributed by atoms with van der Waals surface area (Å²) in [4.78, 5) is 4.24. The molecule has 1 aromatic heterocycles. The topological polar surface area (TPSA) is 58.3 Å². The van der Waals surface area contributed by atoms with Crippen LogP contribution in [0.5, 0.6) is 0 Å². The van der Waals surface area contributed by atoms with Gasteiger partial charge in [0.1, 0.15) is 5.52 Å². The Morgan fingerprint density at radius 1 is 1.50 bits per heavy atom. The molecule has 0 fully saturated rings. The first-order valence-corrected chi connectivity index (χ1v) is 5.37. The molecule has 0 aliphatic heterocycles. The normalized spacial score (nSPS) is 13.2. The Hall–Kier alpha value is -1.39. The fourth-order valence-corrected chi connectivity index (χ4v) is 1.84. The van der Waals surface area contributed by atoms with E-state index in [-0.39, 0.29) is 12.5 Å². The predicted octanol–water partition coefficient (Wildman–Crippen LogP) is 1.43. The van der Waals surface area contributed by atoms with E-state index in [1.54, 1.807) is 0 Å². The summed E-state index contributed by atoms with van der Waals surface area (Å²) < 4.78 is 5.47. The molecule has 0 saturated carbocycles. The molecule has 0 amide bonds. The third-order valence-corrected chi connectivity index (χ3v) is 2.66. The van der Waals surface area contributed by atoms with E-state index in [4.69, 9.17) is 4.42 Å². The van der Waals surface area contributed by atoms with Gasteiger partial charge < -0.3 is 14.8 Å². The van der Waals surface area contributed by atoms with Crippen LogP contribution < -0.4 is 5.32 Å². The molecule has 0 aliphatic rings. The van der Waals surface area contributed by atoms with E-state index in [2.05, 4.69) is 10.3 Å². The van der Waals surface area contributed by atoms with Crippen molar-refractivity contribution in [3.05, 3.63) is 29.7 Å². The molecule has 1 unspecified atom stereocenters. The quantitative estimate of drug-likeness (QED) is 0.818. The minimum Gasteiger partial charge on any atom is -0.441 e. The van der Waals surface area contributed by atoms with Gasteiger partial charge in [0.15, 0.2) is 11.5 Å². The second kappa shape index (κ2) is 4.63. The lowest BCUT2D eigenvalue weighted by molar-refractivity contribution is 0.263. The van der Waals surface area contributed by atoms with E-state index in [1.165, 1.54) is 0 Å². The maximum atomic E-state index is 9.30. The first kappa shape index (κ1) is 11.1. The van der Waals surface area contributed by atoms with E-state index >= 15 is 0 Å². The molecule has 4 heteroatoms. The van der Waals surface area contributed by atoms with Crippen molar-refractivity contribution in [1.82, 2.24) is 10.3 Å². The fraction of sp³-hybridized carbons (Fsp3) is 0.417. The highest BCUT2D eigenvalue weighted by Gasteiger charge is 2.11. The highest BCUT2D eigenvalue weighted by Crippen LogP contribution is 2.21. The summed E-state index contributed by atoms with van der Waals surface area (Å²) in [6.45, 7) is 2.70. The first-order valence-electron chi connectivity index (χ1n) is 5.37. The van der Waals surface area contributed by atoms with Gasteiger partial charge in [0.05, 0.1) is 6.61 Å². The maximum Gasteiger partial charge on any atom is 0.192 e. The molecule has 16 heavy (non-hydrogen) atoms. The Morgan fingerprint density at radius 3 is 3.00 bits per heavy atom. The first-order chi connectivity index (χ1) is 7.74. The monoisotopic (exact) mass is 220 g/mol. The van der Waals surface area contributed by atoms with Gasteiger partial charge in [0, 0.05) is 19.4 Å². The van der Waals surface area contributed by atoms with E-state index < -0.39 is 0 Å². The number of nitrogens with one attached hydrogen (secondary N) is 1. The largest absolute Gasteiger partial charge is 0.441 e. The number of benzene rings is 1. The molecular formula is C12H16N2O2. The van der Waals surface area contributed by atoms with Gasteiger partial charge in [-0.25, -0.2) is 4.98 Å². The molecule has 1 aromatic carbocycles. The van der Waals surface area contributed by atoms with E-state index in [0.29, 0.717) is 5.89 Å². The van der Waals surface area contributed by atoms with Crippen LogP contribution in [0.3, 0.4) is 0 Å². The van der Waals surface area contributed by atoms with Gasteiger partial charge in [0.25, 0.3) is 0 Å². The lowest BCUT2D eigenvalue weighted by Crippen LogP contribution is -2.19. The number of nitrogens with zero attached hydrogens (tertiary/aromatic N) is 1. The number of rotatable bonds is 4. The van der Waals surface area contributed by atoms with Crippen LogP contribution in [0, 0.1) is 6.92 Å². The van der Waals surface area contributed by atoms with Crippen LogP contribution in [0.15, 0.2) is 22.6 Å². The molecule has 2 rings (SSSR count). The number of likely N-dealkylation sites (N-methyl/N-ethyl adjacent to an activating group) is 1. The summed E-state index contributed by atoms with van der Waals surface area (Å²) >= 11 is 0. The Balaban J connectivity index is 2.36. The van der Waals surface area contributed by atoms with Crippen LogP contribution in [0.25, 0.3) is 11.1 Å². The van der Waals surface area contributed by atoms with Crippen molar-refractivity contribution >= 4 is 11.1 Å². The predicted molar refractivity (Wildman–Crippen MR) is 62.5 cm³/mol. The Kier molecular flexibility index (Phi) is 3.22. The molecule has 1 atom stereocenters. The van der Waals surface area contributed by atoms with Crippen LogP contribution in [0.2, 0.25) is 0 Å². The zero-order valence-corrected chi connectivity index (χ0v) is 9.53. The highest BCUT2D eigenvalue weighted by molar-refractivity contribution is 5.73. The van der Waals surface area contributed by atoms with E-state index in [9.17, 15) is 5.11 Å².